The zero-order chi connectivity index (χ0) is 45.5. The number of carboxylic acids is 1. The number of amides is 7. The number of rotatable bonds is 22. The fourth-order valence-corrected chi connectivity index (χ4v) is 9.32. The van der Waals surface area contributed by atoms with Crippen molar-refractivity contribution in [3.05, 3.63) is 0 Å². The summed E-state index contributed by atoms with van der Waals surface area (Å²) in [4.78, 5) is 119. The number of carboxylic acid groups (broad SMARTS) is 1. The number of nitrogens with one attached hydrogen (secondary N) is 3. The van der Waals surface area contributed by atoms with E-state index in [1.165, 1.54) is 31.4 Å². The number of carbonyl (C=O) groups is 8. The molecule has 12 N–H and O–H groups in total. The Bertz CT molecular complexity index is 1650. The second-order valence-corrected chi connectivity index (χ2v) is 17.6. The highest BCUT2D eigenvalue weighted by atomic mass is 32.2. The standard InChI is InChI=1S/C40H68N12O9S/c1-24(42)35(56)49-19-6-12-28(49)34(55)47-26(11-5-18-45-40(43)44)36(57)51-21-8-14-30(51)38(59)52-22-9-15-31(52)37(58)50-20-7-13-29(50)33(54)46-25(10-3-4-17-41)32(53)48-27(39(60)61)16-23-62-2/h24-31H,3-23,41-42H2,1-2H3,(H,46,54)(H,47,55)(H,48,53)(H,60,61)(H4,43,44,45)/t24-,25-,26-,27-,28-,29-,30-,31-/m0/s1. The lowest BCUT2D eigenvalue weighted by atomic mass is 10.1. The minimum absolute atomic E-state index is 0.119. The second-order valence-electron chi connectivity index (χ2n) is 16.6. The molecule has 21 nitrogen and oxygen atoms in total. The highest BCUT2D eigenvalue weighted by Crippen LogP contribution is 2.29. The maximum atomic E-state index is 14.4. The molecule has 0 aromatic rings. The highest BCUT2D eigenvalue weighted by molar-refractivity contribution is 7.98. The quantitative estimate of drug-likeness (QED) is 0.0324. The smallest absolute Gasteiger partial charge is 0.326 e. The van der Waals surface area contributed by atoms with Gasteiger partial charge in [0.15, 0.2) is 5.96 Å². The van der Waals surface area contributed by atoms with Crippen LogP contribution in [-0.4, -0.2) is 178 Å². The number of carbonyl (C=O) groups excluding carboxylic acids is 7. The van der Waals surface area contributed by atoms with Gasteiger partial charge in [0, 0.05) is 32.7 Å². The number of guanidine groups is 1. The predicted octanol–water partition coefficient (Wildman–Crippen LogP) is -2.23. The molecule has 0 saturated carbocycles. The Hall–Kier alpha value is -4.70. The predicted molar refractivity (Wildman–Crippen MR) is 232 cm³/mol. The normalized spacial score (nSPS) is 23.0. The Morgan fingerprint density at radius 1 is 0.661 bits per heavy atom. The zero-order valence-corrected chi connectivity index (χ0v) is 37.0. The monoisotopic (exact) mass is 892 g/mol. The van der Waals surface area contributed by atoms with Gasteiger partial charge in [0.2, 0.25) is 41.4 Å². The number of unbranched alkanes of at least 4 members (excludes halogenated alkanes) is 1. The first-order valence-electron chi connectivity index (χ1n) is 22.0. The lowest BCUT2D eigenvalue weighted by Gasteiger charge is -2.35. The molecule has 4 aliphatic heterocycles. The molecule has 4 saturated heterocycles. The molecule has 7 amide bonds. The van der Waals surface area contributed by atoms with Crippen LogP contribution in [0.5, 0.6) is 0 Å². The number of aliphatic carboxylic acids is 1. The van der Waals surface area contributed by atoms with E-state index in [0.717, 1.165) is 0 Å². The molecule has 62 heavy (non-hydrogen) atoms. The van der Waals surface area contributed by atoms with Gasteiger partial charge in [0.25, 0.3) is 0 Å². The molecule has 8 atom stereocenters. The number of thioether (sulfide) groups is 1. The van der Waals surface area contributed by atoms with Crippen LogP contribution in [0.25, 0.3) is 0 Å². The van der Waals surface area contributed by atoms with Crippen molar-refractivity contribution in [1.29, 1.82) is 0 Å². The van der Waals surface area contributed by atoms with Gasteiger partial charge < -0.3 is 63.6 Å². The lowest BCUT2D eigenvalue weighted by Crippen LogP contribution is -2.59. The van der Waals surface area contributed by atoms with Crippen molar-refractivity contribution < 1.29 is 43.5 Å². The number of nitrogens with two attached hydrogens (primary N) is 4. The second kappa shape index (κ2) is 24.2. The van der Waals surface area contributed by atoms with Crippen LogP contribution >= 0.6 is 11.8 Å². The number of hydrogen-bond donors (Lipinski definition) is 8. The van der Waals surface area contributed by atoms with E-state index in [1.807, 2.05) is 6.26 Å². The first kappa shape index (κ1) is 50.0. The fraction of sp³-hybridized carbons (Fsp3) is 0.775. The van der Waals surface area contributed by atoms with E-state index in [1.54, 1.807) is 6.92 Å². The average molecular weight is 893 g/mol. The summed E-state index contributed by atoms with van der Waals surface area (Å²) in [6, 6.07) is -7.53. The van der Waals surface area contributed by atoms with Gasteiger partial charge in [-0.1, -0.05) is 0 Å². The van der Waals surface area contributed by atoms with E-state index in [2.05, 4.69) is 20.9 Å². The van der Waals surface area contributed by atoms with Gasteiger partial charge in [-0.25, -0.2) is 4.79 Å². The summed E-state index contributed by atoms with van der Waals surface area (Å²) in [5.41, 5.74) is 22.5. The van der Waals surface area contributed by atoms with Crippen molar-refractivity contribution in [3.8, 4) is 0 Å². The molecule has 0 unspecified atom stereocenters. The molecule has 0 aliphatic carbocycles. The third-order valence-corrected chi connectivity index (χ3v) is 12.7. The van der Waals surface area contributed by atoms with Gasteiger partial charge in [-0.15, -0.1) is 0 Å². The summed E-state index contributed by atoms with van der Waals surface area (Å²) < 4.78 is 0. The van der Waals surface area contributed by atoms with Gasteiger partial charge >= 0.3 is 5.97 Å². The molecular formula is C40H68N12O9S. The Balaban J connectivity index is 1.47. The maximum absolute atomic E-state index is 14.4. The molecule has 0 bridgehead atoms. The van der Waals surface area contributed by atoms with Crippen molar-refractivity contribution in [2.45, 2.75) is 145 Å². The summed E-state index contributed by atoms with van der Waals surface area (Å²) in [5.74, 6) is -4.08. The summed E-state index contributed by atoms with van der Waals surface area (Å²) in [6.45, 7) is 3.27. The maximum Gasteiger partial charge on any atom is 0.326 e. The van der Waals surface area contributed by atoms with Crippen LogP contribution < -0.4 is 38.9 Å². The Morgan fingerprint density at radius 2 is 1.15 bits per heavy atom. The van der Waals surface area contributed by atoms with Gasteiger partial charge in [0.05, 0.1) is 6.04 Å². The van der Waals surface area contributed by atoms with Crippen molar-refractivity contribution in [2.24, 2.45) is 27.9 Å². The number of nitrogens with zero attached hydrogens (tertiary/aromatic N) is 5. The first-order valence-corrected chi connectivity index (χ1v) is 23.4. The van der Waals surface area contributed by atoms with Gasteiger partial charge in [-0.3, -0.25) is 38.6 Å². The van der Waals surface area contributed by atoms with E-state index in [4.69, 9.17) is 22.9 Å². The molecule has 22 heteroatoms. The summed E-state index contributed by atoms with van der Waals surface area (Å²) in [6.07, 6.45) is 7.44. The van der Waals surface area contributed by atoms with Crippen LogP contribution in [-0.2, 0) is 38.4 Å². The number of aliphatic imine (C=N–C) groups is 1. The largest absolute Gasteiger partial charge is 0.480 e. The lowest BCUT2D eigenvalue weighted by molar-refractivity contribution is -0.151. The van der Waals surface area contributed by atoms with Crippen LogP contribution in [0.15, 0.2) is 4.99 Å². The molecule has 4 fully saturated rings. The minimum Gasteiger partial charge on any atom is -0.480 e. The highest BCUT2D eigenvalue weighted by Gasteiger charge is 2.47. The molecule has 4 aliphatic rings. The van der Waals surface area contributed by atoms with Crippen molar-refractivity contribution in [2.75, 3.05) is 51.3 Å². The van der Waals surface area contributed by atoms with Gasteiger partial charge in [-0.05, 0) is 115 Å². The van der Waals surface area contributed by atoms with Crippen LogP contribution in [0.3, 0.4) is 0 Å². The van der Waals surface area contributed by atoms with Crippen LogP contribution in [0.4, 0.5) is 0 Å². The SMILES string of the molecule is CSCC[C@H](NC(=O)[C@H](CCCCN)NC(=O)[C@@H]1CCCN1C(=O)[C@@H]1CCCN1C(=O)[C@@H]1CCCN1C(=O)[C@H](CCCN=C(N)N)NC(=O)[C@@H]1CCCN1C(=O)[C@H](C)N)C(=O)O. The zero-order valence-electron chi connectivity index (χ0n) is 36.1. The molecular weight excluding hydrogens is 825 g/mol. The van der Waals surface area contributed by atoms with E-state index in [0.29, 0.717) is 89.5 Å². The van der Waals surface area contributed by atoms with Crippen molar-refractivity contribution in [1.82, 2.24) is 35.6 Å². The molecule has 0 radical (unpaired) electrons. The van der Waals surface area contributed by atoms with Crippen molar-refractivity contribution in [3.63, 3.8) is 0 Å². The topological polar surface area (TPSA) is 322 Å². The molecule has 348 valence electrons. The molecule has 4 heterocycles. The third kappa shape index (κ3) is 13.2. The number of hydrogen-bond acceptors (Lipinski definition) is 12. The first-order chi connectivity index (χ1) is 29.6. The Morgan fingerprint density at radius 3 is 1.68 bits per heavy atom. The molecule has 0 aromatic heterocycles. The summed E-state index contributed by atoms with van der Waals surface area (Å²) in [7, 11) is 0. The van der Waals surface area contributed by atoms with Crippen LogP contribution in [0.1, 0.15) is 96.8 Å². The van der Waals surface area contributed by atoms with Crippen molar-refractivity contribution >= 4 is 65.0 Å². The summed E-state index contributed by atoms with van der Waals surface area (Å²) >= 11 is 1.45. The van der Waals surface area contributed by atoms with E-state index >= 15 is 0 Å². The summed E-state index contributed by atoms with van der Waals surface area (Å²) in [5, 5.41) is 17.9. The average Bonchev–Trinajstić information content (AvgIpc) is 4.09. The van der Waals surface area contributed by atoms with E-state index in [-0.39, 0.29) is 57.3 Å². The van der Waals surface area contributed by atoms with Gasteiger partial charge in [-0.2, -0.15) is 11.8 Å². The van der Waals surface area contributed by atoms with Crippen LogP contribution in [0, 0.1) is 0 Å². The Labute approximate surface area is 367 Å². The van der Waals surface area contributed by atoms with E-state index in [9.17, 15) is 43.5 Å². The molecule has 0 spiro atoms. The fourth-order valence-electron chi connectivity index (χ4n) is 8.85. The third-order valence-electron chi connectivity index (χ3n) is 12.1. The molecule has 0 aromatic carbocycles. The van der Waals surface area contributed by atoms with Gasteiger partial charge in [0.1, 0.15) is 42.3 Å². The van der Waals surface area contributed by atoms with E-state index < -0.39 is 89.7 Å². The number of likely N-dealkylation sites (tertiary alicyclic amines) is 4. The minimum atomic E-state index is -1.18. The Kier molecular flexibility index (Phi) is 19.5. The van der Waals surface area contributed by atoms with Crippen LogP contribution in [0.2, 0.25) is 0 Å². The molecule has 4 rings (SSSR count).